The number of rotatable bonds is 0. The number of hydrogen-bond acceptors (Lipinski definition) is 3. The molecule has 3 aromatic carbocycles. The van der Waals surface area contributed by atoms with Gasteiger partial charge in [0.15, 0.2) is 5.65 Å². The van der Waals surface area contributed by atoms with Crippen molar-refractivity contribution in [2.75, 3.05) is 0 Å². The lowest BCUT2D eigenvalue weighted by molar-refractivity contribution is 1.24. The summed E-state index contributed by atoms with van der Waals surface area (Å²) in [5.74, 6) is 0. The minimum Gasteiger partial charge on any atom is -0.290 e. The van der Waals surface area contributed by atoms with E-state index in [1.165, 1.54) is 44.5 Å². The van der Waals surface area contributed by atoms with Crippen molar-refractivity contribution < 1.29 is 0 Å². The summed E-state index contributed by atoms with van der Waals surface area (Å²) in [6.07, 6.45) is 7.57. The highest BCUT2D eigenvalue weighted by Gasteiger charge is 2.30. The van der Waals surface area contributed by atoms with E-state index in [1.807, 2.05) is 24.7 Å². The molecule has 0 radical (unpaired) electrons. The highest BCUT2D eigenvalue weighted by Crippen LogP contribution is 2.49. The number of nitrogens with zero attached hydrogens (tertiary/aromatic N) is 4. The van der Waals surface area contributed by atoms with Crippen molar-refractivity contribution in [3.63, 3.8) is 0 Å². The zero-order valence-electron chi connectivity index (χ0n) is 18.8. The molecular weight excluding hydrogens is 428 g/mol. The summed E-state index contributed by atoms with van der Waals surface area (Å²) in [4.78, 5) is 14.4. The number of benzene rings is 3. The number of pyridine rings is 3. The predicted octanol–water partition coefficient (Wildman–Crippen LogP) is 6.73. The first-order valence-electron chi connectivity index (χ1n) is 12.0. The summed E-state index contributed by atoms with van der Waals surface area (Å²) < 4.78 is 2.27. The molecule has 2 aliphatic carbocycles. The van der Waals surface area contributed by atoms with Crippen molar-refractivity contribution in [1.82, 2.24) is 19.4 Å². The second-order valence-electron chi connectivity index (χ2n) is 9.66. The van der Waals surface area contributed by atoms with Crippen LogP contribution in [0.2, 0.25) is 0 Å². The first-order chi connectivity index (χ1) is 17.4. The average Bonchev–Trinajstić information content (AvgIpc) is 3.59. The van der Waals surface area contributed by atoms with Gasteiger partial charge in [-0.2, -0.15) is 0 Å². The topological polar surface area (TPSA) is 43.1 Å². The van der Waals surface area contributed by atoms with Crippen molar-refractivity contribution in [2.24, 2.45) is 0 Å². The van der Waals surface area contributed by atoms with Crippen LogP contribution in [0.5, 0.6) is 0 Å². The van der Waals surface area contributed by atoms with Gasteiger partial charge in [-0.1, -0.05) is 48.5 Å². The summed E-state index contributed by atoms with van der Waals surface area (Å²) in [5, 5.41) is 2.19. The third-order valence-corrected chi connectivity index (χ3v) is 7.99. The van der Waals surface area contributed by atoms with Crippen LogP contribution in [-0.4, -0.2) is 19.4 Å². The van der Waals surface area contributed by atoms with Crippen LogP contribution in [0.25, 0.3) is 60.7 Å². The van der Waals surface area contributed by atoms with Gasteiger partial charge in [-0.3, -0.25) is 14.4 Å². The van der Waals surface area contributed by atoms with Gasteiger partial charge in [-0.25, -0.2) is 4.98 Å². The molecule has 2 aliphatic rings. The van der Waals surface area contributed by atoms with Crippen LogP contribution in [-0.2, 0) is 12.8 Å². The van der Waals surface area contributed by atoms with Crippen LogP contribution < -0.4 is 0 Å². The summed E-state index contributed by atoms with van der Waals surface area (Å²) in [7, 11) is 0. The second-order valence-corrected chi connectivity index (χ2v) is 9.66. The van der Waals surface area contributed by atoms with Crippen LogP contribution in [0.3, 0.4) is 0 Å². The van der Waals surface area contributed by atoms with E-state index in [0.29, 0.717) is 0 Å². The smallest absolute Gasteiger partial charge is 0.165 e. The van der Waals surface area contributed by atoms with E-state index in [-0.39, 0.29) is 0 Å². The third kappa shape index (κ3) is 2.11. The first kappa shape index (κ1) is 17.8. The Balaban J connectivity index is 1.39. The van der Waals surface area contributed by atoms with E-state index in [2.05, 4.69) is 70.0 Å². The largest absolute Gasteiger partial charge is 0.290 e. The van der Waals surface area contributed by atoms with Crippen LogP contribution in [0.15, 0.2) is 85.3 Å². The number of hydrogen-bond donors (Lipinski definition) is 0. The minimum absolute atomic E-state index is 0.913. The Morgan fingerprint density at radius 2 is 1.54 bits per heavy atom. The van der Waals surface area contributed by atoms with Gasteiger partial charge in [0.1, 0.15) is 5.52 Å². The maximum atomic E-state index is 5.26. The van der Waals surface area contributed by atoms with Crippen molar-refractivity contribution in [3.8, 4) is 22.3 Å². The maximum absolute atomic E-state index is 5.26. The fourth-order valence-corrected chi connectivity index (χ4v) is 6.54. The average molecular weight is 447 g/mol. The Labute approximate surface area is 200 Å². The van der Waals surface area contributed by atoms with Crippen molar-refractivity contribution in [1.29, 1.82) is 0 Å². The minimum atomic E-state index is 0.913. The Bertz CT molecular complexity index is 2070. The number of imidazole rings is 1. The number of fused-ring (bicyclic) bond motifs is 16. The molecule has 4 heterocycles. The lowest BCUT2D eigenvalue weighted by atomic mass is 9.95. The molecule has 35 heavy (non-hydrogen) atoms. The van der Waals surface area contributed by atoms with E-state index in [0.717, 1.165) is 51.3 Å². The summed E-state index contributed by atoms with van der Waals surface area (Å²) in [5.41, 5.74) is 16.3. The fourth-order valence-electron chi connectivity index (χ4n) is 6.54. The molecule has 0 saturated heterocycles. The third-order valence-electron chi connectivity index (χ3n) is 7.99. The van der Waals surface area contributed by atoms with Crippen LogP contribution in [0.4, 0.5) is 0 Å². The Kier molecular flexibility index (Phi) is 3.11. The molecule has 7 aromatic rings. The molecule has 0 unspecified atom stereocenters. The fraction of sp³-hybridized carbons (Fsp3) is 0.0645. The Morgan fingerprint density at radius 1 is 0.629 bits per heavy atom. The summed E-state index contributed by atoms with van der Waals surface area (Å²) in [6, 6.07) is 24.2. The molecule has 0 N–H and O–H groups in total. The van der Waals surface area contributed by atoms with Gasteiger partial charge in [0.25, 0.3) is 0 Å². The normalized spacial score (nSPS) is 13.5. The molecule has 4 aromatic heterocycles. The standard InChI is InChI=1S/C31H18N4/c1-2-5-19-17(4-1)14-23-20(19)8-7-18-15-24-21(28(18)23)9-10-27-29(24)34-31-30-22(6-3-12-33-30)25-16-32-13-11-26(25)35(27)31/h1-13,16H,14-15H2. The molecule has 4 heteroatoms. The molecule has 4 nitrogen and oxygen atoms in total. The molecule has 9 rings (SSSR count). The highest BCUT2D eigenvalue weighted by molar-refractivity contribution is 6.12. The van der Waals surface area contributed by atoms with E-state index in [4.69, 9.17) is 9.97 Å². The van der Waals surface area contributed by atoms with Gasteiger partial charge in [-0.15, -0.1) is 0 Å². The van der Waals surface area contributed by atoms with E-state index < -0.39 is 0 Å². The van der Waals surface area contributed by atoms with Crippen LogP contribution in [0, 0.1) is 0 Å². The van der Waals surface area contributed by atoms with E-state index >= 15 is 0 Å². The summed E-state index contributed by atoms with van der Waals surface area (Å²) in [6.45, 7) is 0. The molecule has 0 bridgehead atoms. The van der Waals surface area contributed by atoms with Gasteiger partial charge in [-0.05, 0) is 69.1 Å². The van der Waals surface area contributed by atoms with E-state index in [9.17, 15) is 0 Å². The molecule has 0 aliphatic heterocycles. The molecule has 0 atom stereocenters. The predicted molar refractivity (Wildman–Crippen MR) is 140 cm³/mol. The van der Waals surface area contributed by atoms with Gasteiger partial charge in [0.2, 0.25) is 0 Å². The van der Waals surface area contributed by atoms with Crippen molar-refractivity contribution >= 4 is 38.5 Å². The highest BCUT2D eigenvalue weighted by atomic mass is 15.0. The number of aromatic nitrogens is 4. The van der Waals surface area contributed by atoms with Gasteiger partial charge >= 0.3 is 0 Å². The molecular formula is C31H18N4. The zero-order valence-corrected chi connectivity index (χ0v) is 18.8. The van der Waals surface area contributed by atoms with Crippen LogP contribution >= 0.6 is 0 Å². The molecule has 162 valence electrons. The quantitative estimate of drug-likeness (QED) is 0.243. The Morgan fingerprint density at radius 3 is 2.54 bits per heavy atom. The second kappa shape index (κ2) is 6.10. The molecule has 0 fully saturated rings. The van der Waals surface area contributed by atoms with Gasteiger partial charge in [0, 0.05) is 35.8 Å². The zero-order chi connectivity index (χ0) is 22.7. The van der Waals surface area contributed by atoms with Crippen molar-refractivity contribution in [3.05, 3.63) is 108 Å². The molecule has 0 spiro atoms. The Hall–Kier alpha value is -4.57. The van der Waals surface area contributed by atoms with Gasteiger partial charge < -0.3 is 0 Å². The van der Waals surface area contributed by atoms with Crippen molar-refractivity contribution in [2.45, 2.75) is 12.8 Å². The first-order valence-corrected chi connectivity index (χ1v) is 12.0. The lowest BCUT2D eigenvalue weighted by Crippen LogP contribution is -1.93. The summed E-state index contributed by atoms with van der Waals surface area (Å²) >= 11 is 0. The van der Waals surface area contributed by atoms with Gasteiger partial charge in [0.05, 0.1) is 16.6 Å². The molecule has 0 saturated carbocycles. The molecule has 0 amide bonds. The maximum Gasteiger partial charge on any atom is 0.165 e. The van der Waals surface area contributed by atoms with E-state index in [1.54, 1.807) is 0 Å². The monoisotopic (exact) mass is 446 g/mol. The van der Waals surface area contributed by atoms with Crippen LogP contribution in [0.1, 0.15) is 22.3 Å². The lowest BCUT2D eigenvalue weighted by Gasteiger charge is -2.09. The SMILES string of the molecule is c1ccc2c(c1)Cc1c-2ccc2c1-c1ccc3c(nc4c5ncccc5c5cnccc5n34)c1C2.